The van der Waals surface area contributed by atoms with Gasteiger partial charge in [-0.25, -0.2) is 4.39 Å². The summed E-state index contributed by atoms with van der Waals surface area (Å²) in [6.07, 6.45) is -0.497. The van der Waals surface area contributed by atoms with Crippen LogP contribution >= 0.6 is 0 Å². The zero-order valence-electron chi connectivity index (χ0n) is 13.9. The molecule has 1 unspecified atom stereocenters. The van der Waals surface area contributed by atoms with Crippen molar-refractivity contribution in [3.8, 4) is 5.75 Å². The van der Waals surface area contributed by atoms with Crippen molar-refractivity contribution < 1.29 is 23.8 Å². The van der Waals surface area contributed by atoms with Gasteiger partial charge in [-0.05, 0) is 42.0 Å². The highest BCUT2D eigenvalue weighted by Gasteiger charge is 2.10. The molecule has 0 fully saturated rings. The normalized spacial score (nSPS) is 11.6. The van der Waals surface area contributed by atoms with Crippen LogP contribution < -0.4 is 10.1 Å². The van der Waals surface area contributed by atoms with Crippen molar-refractivity contribution in [2.45, 2.75) is 19.4 Å². The maximum Gasteiger partial charge on any atom is 0.258 e. The molecule has 0 spiro atoms. The average Bonchev–Trinajstić information content (AvgIpc) is 2.64. The van der Waals surface area contributed by atoms with Gasteiger partial charge in [-0.15, -0.1) is 0 Å². The van der Waals surface area contributed by atoms with E-state index >= 15 is 0 Å². The largest absolute Gasteiger partial charge is 0.484 e. The van der Waals surface area contributed by atoms with E-state index in [2.05, 4.69) is 5.32 Å². The van der Waals surface area contributed by atoms with E-state index in [9.17, 15) is 19.1 Å². The fourth-order valence-electron chi connectivity index (χ4n) is 2.15. The molecule has 0 saturated carbocycles. The van der Waals surface area contributed by atoms with Crippen molar-refractivity contribution in [3.05, 3.63) is 65.5 Å². The Balaban J connectivity index is 1.76. The number of ether oxygens (including phenoxy) is 1. The van der Waals surface area contributed by atoms with Gasteiger partial charge >= 0.3 is 0 Å². The molecule has 132 valence electrons. The van der Waals surface area contributed by atoms with Gasteiger partial charge < -0.3 is 15.2 Å². The Kier molecular flexibility index (Phi) is 6.65. The van der Waals surface area contributed by atoms with Crippen LogP contribution in [0.1, 0.15) is 35.4 Å². The topological polar surface area (TPSA) is 75.6 Å². The molecule has 6 heteroatoms. The van der Waals surface area contributed by atoms with Crippen LogP contribution in [0.4, 0.5) is 4.39 Å². The van der Waals surface area contributed by atoms with Gasteiger partial charge in [0.05, 0.1) is 6.10 Å². The minimum atomic E-state index is -0.927. The van der Waals surface area contributed by atoms with Crippen molar-refractivity contribution >= 4 is 11.7 Å². The summed E-state index contributed by atoms with van der Waals surface area (Å²) in [6.45, 7) is 1.58. The minimum Gasteiger partial charge on any atom is -0.484 e. The Morgan fingerprint density at radius 1 is 1.12 bits per heavy atom. The third kappa shape index (κ3) is 5.69. The lowest BCUT2D eigenvalue weighted by Crippen LogP contribution is -2.32. The van der Waals surface area contributed by atoms with Crippen LogP contribution in [0.25, 0.3) is 0 Å². The summed E-state index contributed by atoms with van der Waals surface area (Å²) in [5, 5.41) is 12.5. The maximum absolute atomic E-state index is 12.8. The first-order valence-electron chi connectivity index (χ1n) is 7.96. The predicted molar refractivity (Wildman–Crippen MR) is 90.9 cm³/mol. The summed E-state index contributed by atoms with van der Waals surface area (Å²) in [7, 11) is 0. The number of hydrogen-bond acceptors (Lipinski definition) is 4. The number of rotatable bonds is 8. The second-order valence-corrected chi connectivity index (χ2v) is 5.46. The van der Waals surface area contributed by atoms with E-state index in [1.807, 2.05) is 0 Å². The Hall–Kier alpha value is -2.73. The molecular formula is C19H20FNO4. The lowest BCUT2D eigenvalue weighted by molar-refractivity contribution is -0.123. The van der Waals surface area contributed by atoms with Crippen molar-refractivity contribution in [2.24, 2.45) is 0 Å². The smallest absolute Gasteiger partial charge is 0.258 e. The molecule has 0 radical (unpaired) electrons. The highest BCUT2D eigenvalue weighted by molar-refractivity contribution is 5.95. The van der Waals surface area contributed by atoms with Gasteiger partial charge in [0.25, 0.3) is 5.91 Å². The number of Topliss-reactive ketones (excluding diaryl/α,β-unsaturated/α-hetero) is 1. The Bertz CT molecular complexity index is 713. The zero-order valence-corrected chi connectivity index (χ0v) is 13.9. The first kappa shape index (κ1) is 18.6. The van der Waals surface area contributed by atoms with Crippen LogP contribution in [0.5, 0.6) is 5.75 Å². The number of aliphatic hydroxyl groups excluding tert-OH is 1. The molecule has 5 nitrogen and oxygen atoms in total. The summed E-state index contributed by atoms with van der Waals surface area (Å²) < 4.78 is 18.2. The monoisotopic (exact) mass is 345 g/mol. The quantitative estimate of drug-likeness (QED) is 0.721. The highest BCUT2D eigenvalue weighted by Crippen LogP contribution is 2.14. The number of halogens is 1. The number of carbonyl (C=O) groups excluding carboxylic acids is 2. The lowest BCUT2D eigenvalue weighted by Gasteiger charge is -2.13. The van der Waals surface area contributed by atoms with Crippen molar-refractivity contribution in [3.63, 3.8) is 0 Å². The number of hydrogen-bond donors (Lipinski definition) is 2. The number of ketones is 1. The zero-order chi connectivity index (χ0) is 18.2. The molecule has 2 rings (SSSR count). The third-order valence-electron chi connectivity index (χ3n) is 3.61. The van der Waals surface area contributed by atoms with E-state index in [1.54, 1.807) is 31.2 Å². The van der Waals surface area contributed by atoms with Crippen molar-refractivity contribution in [1.82, 2.24) is 5.32 Å². The van der Waals surface area contributed by atoms with Gasteiger partial charge in [0.2, 0.25) is 0 Å². The van der Waals surface area contributed by atoms with Gasteiger partial charge in [0.1, 0.15) is 11.6 Å². The predicted octanol–water partition coefficient (Wildman–Crippen LogP) is 2.65. The second-order valence-electron chi connectivity index (χ2n) is 5.46. The van der Waals surface area contributed by atoms with Gasteiger partial charge in [0, 0.05) is 18.5 Å². The molecule has 0 aromatic heterocycles. The molecule has 2 aromatic rings. The molecule has 0 aliphatic heterocycles. The van der Waals surface area contributed by atoms with Crippen LogP contribution in [-0.2, 0) is 4.79 Å². The summed E-state index contributed by atoms with van der Waals surface area (Å²) in [5.41, 5.74) is 1.11. The Morgan fingerprint density at radius 3 is 2.36 bits per heavy atom. The van der Waals surface area contributed by atoms with Gasteiger partial charge in [-0.1, -0.05) is 19.1 Å². The Morgan fingerprint density at radius 2 is 1.76 bits per heavy atom. The first-order valence-corrected chi connectivity index (χ1v) is 7.96. The van der Waals surface area contributed by atoms with E-state index in [-0.39, 0.29) is 24.8 Å². The molecule has 2 aromatic carbocycles. The third-order valence-corrected chi connectivity index (χ3v) is 3.61. The van der Waals surface area contributed by atoms with E-state index in [0.717, 1.165) is 0 Å². The van der Waals surface area contributed by atoms with E-state index in [0.29, 0.717) is 23.3 Å². The van der Waals surface area contributed by atoms with Crippen LogP contribution in [-0.4, -0.2) is 29.9 Å². The second kappa shape index (κ2) is 8.94. The number of amides is 1. The molecule has 1 atom stereocenters. The van der Waals surface area contributed by atoms with E-state index in [4.69, 9.17) is 4.74 Å². The molecule has 2 N–H and O–H groups in total. The standard InChI is InChI=1S/C19H20FNO4/c1-2-17(22)13-5-9-16(10-6-13)25-12-19(24)21-11-18(23)14-3-7-15(20)8-4-14/h3-10,18,23H,2,11-12H2,1H3,(H,21,24). The fraction of sp³-hybridized carbons (Fsp3) is 0.263. The molecule has 0 aliphatic rings. The van der Waals surface area contributed by atoms with Crippen LogP contribution in [0, 0.1) is 5.82 Å². The highest BCUT2D eigenvalue weighted by atomic mass is 19.1. The average molecular weight is 345 g/mol. The number of carbonyl (C=O) groups is 2. The maximum atomic E-state index is 12.8. The Labute approximate surface area is 145 Å². The van der Waals surface area contributed by atoms with E-state index in [1.165, 1.54) is 24.3 Å². The fourth-order valence-corrected chi connectivity index (χ4v) is 2.15. The molecule has 1 amide bonds. The van der Waals surface area contributed by atoms with E-state index < -0.39 is 12.0 Å². The molecule has 0 saturated heterocycles. The summed E-state index contributed by atoms with van der Waals surface area (Å²) in [6, 6.07) is 12.0. The molecule has 0 heterocycles. The SMILES string of the molecule is CCC(=O)c1ccc(OCC(=O)NCC(O)c2ccc(F)cc2)cc1. The number of aliphatic hydroxyl groups is 1. The molecule has 0 bridgehead atoms. The summed E-state index contributed by atoms with van der Waals surface area (Å²) >= 11 is 0. The number of nitrogens with one attached hydrogen (secondary N) is 1. The molecule has 25 heavy (non-hydrogen) atoms. The molecule has 0 aliphatic carbocycles. The van der Waals surface area contributed by atoms with Crippen molar-refractivity contribution in [1.29, 1.82) is 0 Å². The molecular weight excluding hydrogens is 325 g/mol. The van der Waals surface area contributed by atoms with Gasteiger partial charge in [0.15, 0.2) is 12.4 Å². The first-order chi connectivity index (χ1) is 12.0. The lowest BCUT2D eigenvalue weighted by atomic mass is 10.1. The minimum absolute atomic E-state index is 0.00222. The van der Waals surface area contributed by atoms with Crippen LogP contribution in [0.2, 0.25) is 0 Å². The summed E-state index contributed by atoms with van der Waals surface area (Å²) in [4.78, 5) is 23.3. The van der Waals surface area contributed by atoms with Gasteiger partial charge in [-0.2, -0.15) is 0 Å². The van der Waals surface area contributed by atoms with Crippen LogP contribution in [0.3, 0.4) is 0 Å². The summed E-state index contributed by atoms with van der Waals surface area (Å²) in [5.74, 6) is -0.268. The number of benzene rings is 2. The van der Waals surface area contributed by atoms with Gasteiger partial charge in [-0.3, -0.25) is 9.59 Å². The van der Waals surface area contributed by atoms with Crippen molar-refractivity contribution in [2.75, 3.05) is 13.2 Å². The van der Waals surface area contributed by atoms with Crippen LogP contribution in [0.15, 0.2) is 48.5 Å².